The van der Waals surface area contributed by atoms with Crippen LogP contribution in [0.4, 0.5) is 11.4 Å². The summed E-state index contributed by atoms with van der Waals surface area (Å²) >= 11 is 0. The molecule has 31 heavy (non-hydrogen) atoms. The SMILES string of the molecule is CCN1CCN(c2ccc(C(=O)OC)cc2NC(=O)COc2ccc(C)cc2C)CC1. The maximum atomic E-state index is 12.7. The van der Waals surface area contributed by atoms with Crippen molar-refractivity contribution in [3.63, 3.8) is 0 Å². The Morgan fingerprint density at radius 2 is 1.77 bits per heavy atom. The van der Waals surface area contributed by atoms with Crippen LogP contribution >= 0.6 is 0 Å². The van der Waals surface area contributed by atoms with Crippen LogP contribution < -0.4 is 15.0 Å². The first-order chi connectivity index (χ1) is 14.9. The van der Waals surface area contributed by atoms with Gasteiger partial charge in [0, 0.05) is 26.2 Å². The van der Waals surface area contributed by atoms with Gasteiger partial charge in [-0.05, 0) is 50.2 Å². The maximum Gasteiger partial charge on any atom is 0.337 e. The number of carbonyl (C=O) groups excluding carboxylic acids is 2. The third-order valence-electron chi connectivity index (χ3n) is 5.54. The molecule has 0 unspecified atom stereocenters. The summed E-state index contributed by atoms with van der Waals surface area (Å²) in [7, 11) is 1.34. The van der Waals surface area contributed by atoms with Crippen molar-refractivity contribution in [3.8, 4) is 5.75 Å². The number of nitrogens with zero attached hydrogens (tertiary/aromatic N) is 2. The predicted molar refractivity (Wildman–Crippen MR) is 122 cm³/mol. The van der Waals surface area contributed by atoms with Crippen molar-refractivity contribution in [3.05, 3.63) is 53.1 Å². The summed E-state index contributed by atoms with van der Waals surface area (Å²) in [5, 5.41) is 2.93. The fourth-order valence-electron chi connectivity index (χ4n) is 3.75. The molecule has 1 fully saturated rings. The first-order valence-corrected chi connectivity index (χ1v) is 10.6. The monoisotopic (exact) mass is 425 g/mol. The van der Waals surface area contributed by atoms with Crippen LogP contribution in [0.1, 0.15) is 28.4 Å². The normalized spacial score (nSPS) is 14.3. The van der Waals surface area contributed by atoms with Crippen LogP contribution in [0.5, 0.6) is 5.75 Å². The minimum atomic E-state index is -0.440. The van der Waals surface area contributed by atoms with E-state index in [1.807, 2.05) is 38.1 Å². The van der Waals surface area contributed by atoms with Crippen LogP contribution in [0.2, 0.25) is 0 Å². The highest BCUT2D eigenvalue weighted by molar-refractivity contribution is 5.98. The lowest BCUT2D eigenvalue weighted by atomic mass is 10.1. The Bertz CT molecular complexity index is 936. The minimum absolute atomic E-state index is 0.116. The quantitative estimate of drug-likeness (QED) is 0.687. The van der Waals surface area contributed by atoms with Gasteiger partial charge < -0.3 is 24.6 Å². The number of nitrogens with one attached hydrogen (secondary N) is 1. The molecule has 0 aliphatic carbocycles. The highest BCUT2D eigenvalue weighted by atomic mass is 16.5. The zero-order chi connectivity index (χ0) is 22.4. The summed E-state index contributed by atoms with van der Waals surface area (Å²) in [4.78, 5) is 29.3. The van der Waals surface area contributed by atoms with E-state index in [-0.39, 0.29) is 12.5 Å². The van der Waals surface area contributed by atoms with E-state index in [0.29, 0.717) is 17.0 Å². The summed E-state index contributed by atoms with van der Waals surface area (Å²) in [6, 6.07) is 11.1. The van der Waals surface area contributed by atoms with Crippen molar-refractivity contribution in [1.82, 2.24) is 4.90 Å². The van der Waals surface area contributed by atoms with E-state index in [1.54, 1.807) is 12.1 Å². The lowest BCUT2D eigenvalue weighted by Crippen LogP contribution is -2.46. The van der Waals surface area contributed by atoms with Crippen molar-refractivity contribution >= 4 is 23.3 Å². The van der Waals surface area contributed by atoms with Gasteiger partial charge in [0.25, 0.3) is 5.91 Å². The summed E-state index contributed by atoms with van der Waals surface area (Å²) in [6.07, 6.45) is 0. The number of rotatable bonds is 7. The average molecular weight is 426 g/mol. The Morgan fingerprint density at radius 3 is 2.42 bits per heavy atom. The molecule has 3 rings (SSSR count). The van der Waals surface area contributed by atoms with Crippen LogP contribution in [-0.4, -0.2) is 63.2 Å². The molecular weight excluding hydrogens is 394 g/mol. The molecule has 0 spiro atoms. The number of aryl methyl sites for hydroxylation is 2. The van der Waals surface area contributed by atoms with E-state index in [2.05, 4.69) is 22.0 Å². The van der Waals surface area contributed by atoms with Gasteiger partial charge in [0.05, 0.1) is 24.0 Å². The molecule has 0 bridgehead atoms. The van der Waals surface area contributed by atoms with Gasteiger partial charge in [-0.1, -0.05) is 24.6 Å². The second-order valence-electron chi connectivity index (χ2n) is 7.75. The van der Waals surface area contributed by atoms with Gasteiger partial charge in [-0.15, -0.1) is 0 Å². The van der Waals surface area contributed by atoms with E-state index < -0.39 is 5.97 Å². The molecule has 0 saturated carbocycles. The summed E-state index contributed by atoms with van der Waals surface area (Å²) in [5.74, 6) is -0.0419. The fourth-order valence-corrected chi connectivity index (χ4v) is 3.75. The predicted octanol–water partition coefficient (Wildman–Crippen LogP) is 3.25. The second kappa shape index (κ2) is 10.3. The van der Waals surface area contributed by atoms with E-state index in [9.17, 15) is 9.59 Å². The summed E-state index contributed by atoms with van der Waals surface area (Å²) < 4.78 is 10.6. The Hall–Kier alpha value is -3.06. The number of likely N-dealkylation sites (N-methyl/N-ethyl adjacent to an activating group) is 1. The molecule has 1 amide bonds. The molecule has 2 aromatic rings. The minimum Gasteiger partial charge on any atom is -0.483 e. The zero-order valence-electron chi connectivity index (χ0n) is 18.7. The number of carbonyl (C=O) groups is 2. The molecule has 1 saturated heterocycles. The van der Waals surface area contributed by atoms with Gasteiger partial charge in [0.1, 0.15) is 5.75 Å². The van der Waals surface area contributed by atoms with Gasteiger partial charge in [-0.2, -0.15) is 0 Å². The van der Waals surface area contributed by atoms with Crippen molar-refractivity contribution in [2.45, 2.75) is 20.8 Å². The number of methoxy groups -OCH3 is 1. The Balaban J connectivity index is 1.75. The second-order valence-corrected chi connectivity index (χ2v) is 7.75. The molecule has 7 nitrogen and oxygen atoms in total. The first-order valence-electron chi connectivity index (χ1n) is 10.6. The highest BCUT2D eigenvalue weighted by Gasteiger charge is 2.21. The van der Waals surface area contributed by atoms with Gasteiger partial charge in [0.2, 0.25) is 0 Å². The van der Waals surface area contributed by atoms with Crippen LogP contribution in [0, 0.1) is 13.8 Å². The molecular formula is C24H31N3O4. The molecule has 2 aromatic carbocycles. The first kappa shape index (κ1) is 22.6. The number of hydrogen-bond acceptors (Lipinski definition) is 6. The zero-order valence-corrected chi connectivity index (χ0v) is 18.7. The number of hydrogen-bond donors (Lipinski definition) is 1. The van der Waals surface area contributed by atoms with Crippen LogP contribution in [0.25, 0.3) is 0 Å². The number of benzene rings is 2. The van der Waals surface area contributed by atoms with E-state index in [1.165, 1.54) is 7.11 Å². The van der Waals surface area contributed by atoms with Crippen LogP contribution in [0.3, 0.4) is 0 Å². The Kier molecular flexibility index (Phi) is 7.52. The molecule has 1 heterocycles. The molecule has 1 N–H and O–H groups in total. The van der Waals surface area contributed by atoms with Gasteiger partial charge in [-0.3, -0.25) is 4.79 Å². The molecule has 7 heteroatoms. The number of anilines is 2. The van der Waals surface area contributed by atoms with E-state index in [4.69, 9.17) is 9.47 Å². The van der Waals surface area contributed by atoms with E-state index in [0.717, 1.165) is 49.5 Å². The standard InChI is InChI=1S/C24H31N3O4/c1-5-26-10-12-27(13-11-26)21-8-7-19(24(29)30-4)15-20(21)25-23(28)16-31-22-9-6-17(2)14-18(22)3/h6-9,14-15H,5,10-13,16H2,1-4H3,(H,25,28). The summed E-state index contributed by atoms with van der Waals surface area (Å²) in [5.41, 5.74) is 3.99. The highest BCUT2D eigenvalue weighted by Crippen LogP contribution is 2.29. The van der Waals surface area contributed by atoms with Gasteiger partial charge in [0.15, 0.2) is 6.61 Å². The largest absolute Gasteiger partial charge is 0.483 e. The smallest absolute Gasteiger partial charge is 0.337 e. The molecule has 0 atom stereocenters. The lowest BCUT2D eigenvalue weighted by molar-refractivity contribution is -0.118. The van der Waals surface area contributed by atoms with Gasteiger partial charge >= 0.3 is 5.97 Å². The Labute approximate surface area is 183 Å². The maximum absolute atomic E-state index is 12.7. The van der Waals surface area contributed by atoms with Crippen molar-refractivity contribution in [2.75, 3.05) is 56.7 Å². The third-order valence-corrected chi connectivity index (χ3v) is 5.54. The average Bonchev–Trinajstić information content (AvgIpc) is 2.78. The number of ether oxygens (including phenoxy) is 2. The molecule has 166 valence electrons. The van der Waals surface area contributed by atoms with Gasteiger partial charge in [-0.25, -0.2) is 4.79 Å². The molecule has 0 radical (unpaired) electrons. The Morgan fingerprint density at radius 1 is 1.03 bits per heavy atom. The molecule has 0 aromatic heterocycles. The number of piperazine rings is 1. The lowest BCUT2D eigenvalue weighted by Gasteiger charge is -2.36. The van der Waals surface area contributed by atoms with Crippen LogP contribution in [0.15, 0.2) is 36.4 Å². The fraction of sp³-hybridized carbons (Fsp3) is 0.417. The van der Waals surface area contributed by atoms with E-state index >= 15 is 0 Å². The number of amides is 1. The van der Waals surface area contributed by atoms with Crippen molar-refractivity contribution in [2.24, 2.45) is 0 Å². The summed E-state index contributed by atoms with van der Waals surface area (Å²) in [6.45, 7) is 10.7. The van der Waals surface area contributed by atoms with Crippen molar-refractivity contribution < 1.29 is 19.1 Å². The topological polar surface area (TPSA) is 71.1 Å². The van der Waals surface area contributed by atoms with Crippen molar-refractivity contribution in [1.29, 1.82) is 0 Å². The molecule has 1 aliphatic rings. The van der Waals surface area contributed by atoms with Crippen LogP contribution in [-0.2, 0) is 9.53 Å². The number of esters is 1. The molecule has 1 aliphatic heterocycles. The third kappa shape index (κ3) is 5.76.